The summed E-state index contributed by atoms with van der Waals surface area (Å²) >= 11 is 2.34. The molecule has 6 heteroatoms. The Bertz CT molecular complexity index is 630. The van der Waals surface area contributed by atoms with E-state index in [0.29, 0.717) is 12.2 Å². The summed E-state index contributed by atoms with van der Waals surface area (Å²) in [6.07, 6.45) is 0.762. The van der Waals surface area contributed by atoms with Crippen molar-refractivity contribution in [3.05, 3.63) is 45.9 Å². The number of hydrogen-bond donors (Lipinski definition) is 1. The molecule has 0 spiro atoms. The first kappa shape index (κ1) is 12.5. The van der Waals surface area contributed by atoms with Crippen molar-refractivity contribution in [3.63, 3.8) is 0 Å². The van der Waals surface area contributed by atoms with Crippen molar-refractivity contribution in [2.45, 2.75) is 18.2 Å². The zero-order valence-corrected chi connectivity index (χ0v) is 11.5. The van der Waals surface area contributed by atoms with E-state index in [9.17, 15) is 9.59 Å². The summed E-state index contributed by atoms with van der Waals surface area (Å²) in [6.45, 7) is 0.708. The fraction of sp³-hybridized carbons (Fsp3) is 0.231. The smallest absolute Gasteiger partial charge is 0.365 e. The molecule has 0 aromatic carbocycles. The zero-order valence-electron chi connectivity index (χ0n) is 9.91. The first-order valence-corrected chi connectivity index (χ1v) is 7.60. The average Bonchev–Trinajstić information content (AvgIpc) is 3.04. The van der Waals surface area contributed by atoms with Gasteiger partial charge < -0.3 is 9.67 Å². The number of thioether (sulfide) groups is 1. The van der Waals surface area contributed by atoms with Crippen molar-refractivity contribution in [1.82, 2.24) is 4.57 Å². The van der Waals surface area contributed by atoms with E-state index in [-0.39, 0.29) is 11.0 Å². The van der Waals surface area contributed by atoms with Crippen LogP contribution in [-0.2, 0) is 6.54 Å². The largest absolute Gasteiger partial charge is 0.473 e. The Hall–Kier alpha value is -1.53. The van der Waals surface area contributed by atoms with Crippen LogP contribution in [0.3, 0.4) is 0 Å². The van der Waals surface area contributed by atoms with Crippen LogP contribution in [0.5, 0.6) is 0 Å². The van der Waals surface area contributed by atoms with E-state index >= 15 is 0 Å². The second-order valence-electron chi connectivity index (χ2n) is 4.26. The minimum atomic E-state index is -0.870. The van der Waals surface area contributed by atoms with Crippen molar-refractivity contribution >= 4 is 34.2 Å². The Morgan fingerprint density at radius 3 is 2.89 bits per heavy atom. The highest BCUT2D eigenvalue weighted by atomic mass is 32.2. The molecule has 2 aromatic heterocycles. The summed E-state index contributed by atoms with van der Waals surface area (Å²) in [5.74, 6) is 0.0159. The quantitative estimate of drug-likeness (QED) is 0.878. The van der Waals surface area contributed by atoms with Gasteiger partial charge in [-0.2, -0.15) is 0 Å². The molecule has 0 amide bonds. The van der Waals surface area contributed by atoms with Gasteiger partial charge in [0.25, 0.3) is 0 Å². The highest BCUT2D eigenvalue weighted by Gasteiger charge is 2.29. The predicted molar refractivity (Wildman–Crippen MR) is 75.2 cm³/mol. The molecule has 2 aromatic rings. The van der Waals surface area contributed by atoms with E-state index in [1.54, 1.807) is 6.07 Å². The van der Waals surface area contributed by atoms with Crippen LogP contribution in [0.2, 0.25) is 0 Å². The van der Waals surface area contributed by atoms with Gasteiger partial charge in [0.05, 0.1) is 15.8 Å². The molecule has 1 atom stereocenters. The highest BCUT2D eigenvalue weighted by Crippen LogP contribution is 2.39. The lowest BCUT2D eigenvalue weighted by atomic mass is 10.2. The summed E-state index contributed by atoms with van der Waals surface area (Å²) in [5.41, 5.74) is 1.60. The fourth-order valence-corrected chi connectivity index (χ4v) is 3.85. The van der Waals surface area contributed by atoms with Gasteiger partial charge in [0.15, 0.2) is 0 Å². The Morgan fingerprint density at radius 2 is 2.21 bits per heavy atom. The first-order chi connectivity index (χ1) is 9.16. The van der Waals surface area contributed by atoms with Crippen molar-refractivity contribution in [3.8, 4) is 0 Å². The lowest BCUT2D eigenvalue weighted by Gasteiger charge is -2.05. The van der Waals surface area contributed by atoms with Crippen molar-refractivity contribution in [1.29, 1.82) is 0 Å². The zero-order chi connectivity index (χ0) is 13.4. The maximum atomic E-state index is 12.3. The first-order valence-electron chi connectivity index (χ1n) is 5.84. The second-order valence-corrected chi connectivity index (χ2v) is 6.36. The summed E-state index contributed by atoms with van der Waals surface area (Å²) in [4.78, 5) is 23.8. The van der Waals surface area contributed by atoms with Gasteiger partial charge in [-0.15, -0.1) is 11.3 Å². The molecule has 0 bridgehead atoms. The minimum Gasteiger partial charge on any atom is -0.473 e. The normalized spacial score (nSPS) is 17.4. The third-order valence-corrected chi connectivity index (χ3v) is 5.01. The van der Waals surface area contributed by atoms with Crippen molar-refractivity contribution < 1.29 is 14.7 Å². The molecular formula is C13H11NO3S2. The maximum absolute atomic E-state index is 12.3. The molecular weight excluding hydrogens is 282 g/mol. The van der Waals surface area contributed by atoms with Crippen LogP contribution in [0.1, 0.15) is 32.7 Å². The number of ketones is 1. The Morgan fingerprint density at radius 1 is 1.37 bits per heavy atom. The molecule has 1 aliphatic heterocycles. The standard InChI is InChI=1S/C13H11NO3S2/c15-12(11-2-1-7-18-11)9-4-3-8-10(19-13(16)17)5-6-14(8)9/h1-4,7,10H,5-6H2,(H,16,17). The molecule has 19 heavy (non-hydrogen) atoms. The van der Waals surface area contributed by atoms with Gasteiger partial charge in [0, 0.05) is 12.2 Å². The highest BCUT2D eigenvalue weighted by molar-refractivity contribution is 8.13. The van der Waals surface area contributed by atoms with Gasteiger partial charge in [0.2, 0.25) is 5.78 Å². The number of fused-ring (bicyclic) bond motifs is 1. The lowest BCUT2D eigenvalue weighted by Crippen LogP contribution is -2.07. The summed E-state index contributed by atoms with van der Waals surface area (Å²) in [6, 6.07) is 7.33. The number of carbonyl (C=O) groups is 2. The van der Waals surface area contributed by atoms with Gasteiger partial charge in [-0.1, -0.05) is 6.07 Å². The number of carboxylic acid groups (broad SMARTS) is 1. The molecule has 0 saturated heterocycles. The number of aromatic nitrogens is 1. The number of carbonyl (C=O) groups excluding carboxylic acids is 1. The number of rotatable bonds is 3. The molecule has 98 valence electrons. The van der Waals surface area contributed by atoms with Gasteiger partial charge in [-0.3, -0.25) is 4.79 Å². The van der Waals surface area contributed by atoms with E-state index < -0.39 is 5.30 Å². The molecule has 3 heterocycles. The maximum Gasteiger partial charge on any atom is 0.365 e. The molecule has 1 aliphatic rings. The van der Waals surface area contributed by atoms with E-state index in [4.69, 9.17) is 5.11 Å². The van der Waals surface area contributed by atoms with Crippen LogP contribution in [0.4, 0.5) is 4.79 Å². The molecule has 0 saturated carbocycles. The van der Waals surface area contributed by atoms with Crippen LogP contribution in [0.15, 0.2) is 29.6 Å². The monoisotopic (exact) mass is 293 g/mol. The van der Waals surface area contributed by atoms with Gasteiger partial charge >= 0.3 is 5.30 Å². The fourth-order valence-electron chi connectivity index (χ4n) is 2.38. The van der Waals surface area contributed by atoms with E-state index in [1.165, 1.54) is 11.3 Å². The number of hydrogen-bond acceptors (Lipinski definition) is 4. The molecule has 0 aliphatic carbocycles. The van der Waals surface area contributed by atoms with E-state index in [1.807, 2.05) is 28.1 Å². The van der Waals surface area contributed by atoms with Crippen LogP contribution < -0.4 is 0 Å². The molecule has 1 unspecified atom stereocenters. The summed E-state index contributed by atoms with van der Waals surface area (Å²) < 4.78 is 1.95. The van der Waals surface area contributed by atoms with Gasteiger partial charge in [-0.25, -0.2) is 4.79 Å². The van der Waals surface area contributed by atoms with Gasteiger partial charge in [0.1, 0.15) is 0 Å². The van der Waals surface area contributed by atoms with Crippen LogP contribution in [0.25, 0.3) is 0 Å². The second kappa shape index (κ2) is 4.86. The van der Waals surface area contributed by atoms with Crippen LogP contribution in [-0.4, -0.2) is 20.8 Å². The molecule has 4 nitrogen and oxygen atoms in total. The minimum absolute atomic E-state index is 0.0159. The summed E-state index contributed by atoms with van der Waals surface area (Å²) in [7, 11) is 0. The number of nitrogens with zero attached hydrogens (tertiary/aromatic N) is 1. The third kappa shape index (κ3) is 2.21. The SMILES string of the molecule is O=C(O)SC1CCn2c(C(=O)c3cccs3)ccc21. The van der Waals surface area contributed by atoms with Crippen LogP contribution in [0, 0.1) is 0 Å². The Labute approximate surface area is 118 Å². The average molecular weight is 293 g/mol. The Kier molecular flexibility index (Phi) is 3.20. The van der Waals surface area contributed by atoms with Crippen LogP contribution >= 0.6 is 23.1 Å². The molecule has 1 N–H and O–H groups in total. The summed E-state index contributed by atoms with van der Waals surface area (Å²) in [5, 5.41) is 9.81. The van der Waals surface area contributed by atoms with E-state index in [2.05, 4.69) is 0 Å². The molecule has 0 radical (unpaired) electrons. The van der Waals surface area contributed by atoms with Crippen molar-refractivity contribution in [2.75, 3.05) is 0 Å². The third-order valence-electron chi connectivity index (χ3n) is 3.18. The predicted octanol–water partition coefficient (Wildman–Crippen LogP) is 3.64. The topological polar surface area (TPSA) is 59.3 Å². The van der Waals surface area contributed by atoms with E-state index in [0.717, 1.165) is 28.8 Å². The van der Waals surface area contributed by atoms with Crippen molar-refractivity contribution in [2.24, 2.45) is 0 Å². The Balaban J connectivity index is 1.91. The number of thiophene rings is 1. The molecule has 3 rings (SSSR count). The van der Waals surface area contributed by atoms with Gasteiger partial charge in [-0.05, 0) is 41.8 Å². The molecule has 0 fully saturated rings. The lowest BCUT2D eigenvalue weighted by molar-refractivity contribution is 0.103.